The normalized spacial score (nSPS) is 16.6. The SMILES string of the molecule is Cc1cccc(C2c3[nH]c4ccccc4c3CCN2Cc2ccc3ncccc3c2)n1. The van der Waals surface area contributed by atoms with E-state index in [9.17, 15) is 0 Å². The Balaban J connectivity index is 1.45. The van der Waals surface area contributed by atoms with Gasteiger partial charge in [-0.2, -0.15) is 0 Å². The van der Waals surface area contributed by atoms with Crippen LogP contribution >= 0.6 is 0 Å². The van der Waals surface area contributed by atoms with E-state index in [2.05, 4.69) is 88.5 Å². The fourth-order valence-electron chi connectivity index (χ4n) is 4.97. The molecule has 1 atom stereocenters. The summed E-state index contributed by atoms with van der Waals surface area (Å²) in [5, 5.41) is 2.53. The van der Waals surface area contributed by atoms with Crippen molar-refractivity contribution >= 4 is 21.8 Å². The number of aryl methyl sites for hydroxylation is 1. The van der Waals surface area contributed by atoms with Gasteiger partial charge in [-0.1, -0.05) is 36.4 Å². The van der Waals surface area contributed by atoms with E-state index >= 15 is 0 Å². The van der Waals surface area contributed by atoms with Crippen molar-refractivity contribution in [1.82, 2.24) is 19.9 Å². The number of hydrogen-bond donors (Lipinski definition) is 1. The number of aromatic nitrogens is 3. The molecule has 5 aromatic rings. The van der Waals surface area contributed by atoms with Crippen LogP contribution in [0.4, 0.5) is 0 Å². The third-order valence-corrected chi connectivity index (χ3v) is 6.38. The number of benzene rings is 2. The molecule has 0 radical (unpaired) electrons. The maximum atomic E-state index is 4.94. The lowest BCUT2D eigenvalue weighted by atomic mass is 9.94. The molecule has 0 amide bonds. The molecular formula is C27H24N4. The van der Waals surface area contributed by atoms with Gasteiger partial charge in [0.25, 0.3) is 0 Å². The molecule has 1 aliphatic heterocycles. The van der Waals surface area contributed by atoms with Crippen molar-refractivity contribution in [2.24, 2.45) is 0 Å². The molecule has 0 spiro atoms. The standard InChI is InChI=1S/C27H24N4/c1-18-6-4-10-25(29-18)27-26-22(21-8-2-3-9-24(21)30-26)13-15-31(27)17-19-11-12-23-20(16-19)7-5-14-28-23/h2-12,14,16,27,30H,13,15,17H2,1H3. The van der Waals surface area contributed by atoms with Gasteiger partial charge in [-0.15, -0.1) is 0 Å². The first-order valence-corrected chi connectivity index (χ1v) is 10.9. The van der Waals surface area contributed by atoms with E-state index in [1.54, 1.807) is 0 Å². The summed E-state index contributed by atoms with van der Waals surface area (Å²) in [6.07, 6.45) is 2.89. The van der Waals surface area contributed by atoms with E-state index in [4.69, 9.17) is 4.98 Å². The number of pyridine rings is 2. The molecule has 1 aliphatic rings. The van der Waals surface area contributed by atoms with E-state index in [1.165, 1.54) is 33.1 Å². The highest BCUT2D eigenvalue weighted by molar-refractivity contribution is 5.85. The Morgan fingerprint density at radius 1 is 1.00 bits per heavy atom. The second-order valence-corrected chi connectivity index (χ2v) is 8.42. The van der Waals surface area contributed by atoms with Crippen LogP contribution in [0.3, 0.4) is 0 Å². The maximum absolute atomic E-state index is 4.94. The minimum Gasteiger partial charge on any atom is -0.357 e. The topological polar surface area (TPSA) is 44.8 Å². The molecule has 1 N–H and O–H groups in total. The first kappa shape index (κ1) is 18.3. The van der Waals surface area contributed by atoms with E-state index in [-0.39, 0.29) is 6.04 Å². The highest BCUT2D eigenvalue weighted by Gasteiger charge is 2.32. The Labute approximate surface area is 181 Å². The van der Waals surface area contributed by atoms with Gasteiger partial charge in [0.15, 0.2) is 0 Å². The second-order valence-electron chi connectivity index (χ2n) is 8.42. The maximum Gasteiger partial charge on any atom is 0.0933 e. The monoisotopic (exact) mass is 404 g/mol. The second kappa shape index (κ2) is 7.33. The minimum absolute atomic E-state index is 0.112. The summed E-state index contributed by atoms with van der Waals surface area (Å²) in [6, 6.07) is 25.8. The molecule has 3 aromatic heterocycles. The van der Waals surface area contributed by atoms with Crippen molar-refractivity contribution in [3.63, 3.8) is 0 Å². The minimum atomic E-state index is 0.112. The van der Waals surface area contributed by atoms with Gasteiger partial charge in [0.05, 0.1) is 17.3 Å². The quantitative estimate of drug-likeness (QED) is 0.428. The number of nitrogens with one attached hydrogen (secondary N) is 1. The lowest BCUT2D eigenvalue weighted by molar-refractivity contribution is 0.198. The molecule has 1 unspecified atom stereocenters. The predicted octanol–water partition coefficient (Wildman–Crippen LogP) is 5.57. The van der Waals surface area contributed by atoms with Crippen molar-refractivity contribution in [2.45, 2.75) is 25.9 Å². The lowest BCUT2D eigenvalue weighted by Crippen LogP contribution is -2.36. The van der Waals surface area contributed by atoms with Crippen LogP contribution in [0.1, 0.15) is 34.3 Å². The van der Waals surface area contributed by atoms with Crippen molar-refractivity contribution in [3.8, 4) is 0 Å². The van der Waals surface area contributed by atoms with Crippen LogP contribution < -0.4 is 0 Å². The van der Waals surface area contributed by atoms with Crippen LogP contribution in [-0.2, 0) is 13.0 Å². The summed E-state index contributed by atoms with van der Waals surface area (Å²) in [5.41, 5.74) is 8.43. The van der Waals surface area contributed by atoms with Crippen molar-refractivity contribution < 1.29 is 0 Å². The summed E-state index contributed by atoms with van der Waals surface area (Å²) in [7, 11) is 0. The number of para-hydroxylation sites is 1. The molecule has 0 bridgehead atoms. The molecule has 0 saturated carbocycles. The zero-order valence-electron chi connectivity index (χ0n) is 17.5. The molecule has 0 saturated heterocycles. The first-order valence-electron chi connectivity index (χ1n) is 10.9. The van der Waals surface area contributed by atoms with Gasteiger partial charge in [0, 0.05) is 47.0 Å². The molecule has 6 rings (SSSR count). The average Bonchev–Trinajstić information content (AvgIpc) is 3.17. The molecule has 0 fully saturated rings. The van der Waals surface area contributed by atoms with E-state index < -0.39 is 0 Å². The van der Waals surface area contributed by atoms with Crippen LogP contribution in [0.2, 0.25) is 0 Å². The highest BCUT2D eigenvalue weighted by atomic mass is 15.2. The van der Waals surface area contributed by atoms with Crippen molar-refractivity contribution in [1.29, 1.82) is 0 Å². The third kappa shape index (κ3) is 3.20. The summed E-state index contributed by atoms with van der Waals surface area (Å²) < 4.78 is 0. The largest absolute Gasteiger partial charge is 0.357 e. The van der Waals surface area contributed by atoms with Gasteiger partial charge in [-0.25, -0.2) is 0 Å². The fraction of sp³-hybridized carbons (Fsp3) is 0.185. The molecular weight excluding hydrogens is 380 g/mol. The van der Waals surface area contributed by atoms with Gasteiger partial charge in [-0.05, 0) is 60.9 Å². The molecule has 0 aliphatic carbocycles. The van der Waals surface area contributed by atoms with Crippen LogP contribution in [0.25, 0.3) is 21.8 Å². The summed E-state index contributed by atoms with van der Waals surface area (Å²) in [4.78, 5) is 15.7. The van der Waals surface area contributed by atoms with Crippen LogP contribution in [0, 0.1) is 6.92 Å². The van der Waals surface area contributed by atoms with Gasteiger partial charge >= 0.3 is 0 Å². The smallest absolute Gasteiger partial charge is 0.0933 e. The van der Waals surface area contributed by atoms with Gasteiger partial charge in [0.1, 0.15) is 0 Å². The third-order valence-electron chi connectivity index (χ3n) is 6.38. The molecule has 4 heteroatoms. The number of aromatic amines is 1. The zero-order chi connectivity index (χ0) is 20.8. The Morgan fingerprint density at radius 2 is 1.94 bits per heavy atom. The van der Waals surface area contributed by atoms with Crippen LogP contribution in [0.15, 0.2) is 79.0 Å². The summed E-state index contributed by atoms with van der Waals surface area (Å²) in [5.74, 6) is 0. The Bertz CT molecular complexity index is 1400. The number of fused-ring (bicyclic) bond motifs is 4. The van der Waals surface area contributed by atoms with E-state index in [1.807, 2.05) is 12.3 Å². The van der Waals surface area contributed by atoms with Gasteiger partial charge in [0.2, 0.25) is 0 Å². The predicted molar refractivity (Wildman–Crippen MR) is 125 cm³/mol. The van der Waals surface area contributed by atoms with Crippen LogP contribution in [-0.4, -0.2) is 26.4 Å². The Hall–Kier alpha value is -3.50. The van der Waals surface area contributed by atoms with Crippen LogP contribution in [0.5, 0.6) is 0 Å². The highest BCUT2D eigenvalue weighted by Crippen LogP contribution is 2.38. The van der Waals surface area contributed by atoms with Gasteiger partial charge in [-0.3, -0.25) is 14.9 Å². The van der Waals surface area contributed by atoms with E-state index in [0.717, 1.165) is 36.4 Å². The Morgan fingerprint density at radius 3 is 2.87 bits per heavy atom. The first-order chi connectivity index (χ1) is 15.3. The number of rotatable bonds is 3. The van der Waals surface area contributed by atoms with E-state index in [0.29, 0.717) is 0 Å². The summed E-state index contributed by atoms with van der Waals surface area (Å²) >= 11 is 0. The lowest BCUT2D eigenvalue weighted by Gasteiger charge is -2.35. The number of nitrogens with zero attached hydrogens (tertiary/aromatic N) is 3. The summed E-state index contributed by atoms with van der Waals surface area (Å²) in [6.45, 7) is 3.94. The zero-order valence-corrected chi connectivity index (χ0v) is 17.5. The fourth-order valence-corrected chi connectivity index (χ4v) is 4.97. The average molecular weight is 405 g/mol. The molecule has 4 heterocycles. The molecule has 2 aromatic carbocycles. The van der Waals surface area contributed by atoms with Crippen molar-refractivity contribution in [2.75, 3.05) is 6.54 Å². The Kier molecular flexibility index (Phi) is 4.32. The number of H-pyrrole nitrogens is 1. The molecule has 152 valence electrons. The molecule has 4 nitrogen and oxygen atoms in total. The molecule has 31 heavy (non-hydrogen) atoms. The van der Waals surface area contributed by atoms with Crippen molar-refractivity contribution in [3.05, 3.63) is 107 Å². The van der Waals surface area contributed by atoms with Gasteiger partial charge < -0.3 is 4.98 Å². The number of hydrogen-bond acceptors (Lipinski definition) is 3.